The first-order chi connectivity index (χ1) is 13.2. The third-order valence-electron chi connectivity index (χ3n) is 4.83. The Morgan fingerprint density at radius 2 is 1.79 bits per heavy atom. The first-order valence-corrected chi connectivity index (χ1v) is 13.5. The topological polar surface area (TPSA) is 78.6 Å². The van der Waals surface area contributed by atoms with Crippen LogP contribution in [0.3, 0.4) is 0 Å². The van der Waals surface area contributed by atoms with E-state index < -0.39 is 31.5 Å². The van der Waals surface area contributed by atoms with E-state index in [9.17, 15) is 9.59 Å². The third kappa shape index (κ3) is 5.42. The summed E-state index contributed by atoms with van der Waals surface area (Å²) in [5, 5.41) is 0. The molecule has 0 bridgehead atoms. The molecular weight excluding hydrogens is 370 g/mol. The zero-order valence-electron chi connectivity index (χ0n) is 17.2. The summed E-state index contributed by atoms with van der Waals surface area (Å²) >= 11 is 0. The molecule has 1 aliphatic carbocycles. The Kier molecular flexibility index (Phi) is 7.38. The van der Waals surface area contributed by atoms with Crippen LogP contribution < -0.4 is 5.73 Å². The summed E-state index contributed by atoms with van der Waals surface area (Å²) in [6, 6.07) is 10.7. The molecular formula is C22H31NO4Si. The number of benzene rings is 1. The van der Waals surface area contributed by atoms with E-state index in [2.05, 4.69) is 19.6 Å². The van der Waals surface area contributed by atoms with Gasteiger partial charge in [0, 0.05) is 14.0 Å². The Balaban J connectivity index is 2.17. The minimum atomic E-state index is -1.84. The first-order valence-electron chi connectivity index (χ1n) is 9.75. The monoisotopic (exact) mass is 401 g/mol. The number of hydrogen-bond donors (Lipinski definition) is 1. The molecule has 2 unspecified atom stereocenters. The second-order valence-corrected chi connectivity index (χ2v) is 13.9. The quantitative estimate of drug-likeness (QED) is 0.407. The lowest BCUT2D eigenvalue weighted by Crippen LogP contribution is -2.61. The molecule has 0 heterocycles. The maximum atomic E-state index is 12.8. The lowest BCUT2D eigenvalue weighted by Gasteiger charge is -2.32. The van der Waals surface area contributed by atoms with Crippen LogP contribution in [0.4, 0.5) is 0 Å². The van der Waals surface area contributed by atoms with Gasteiger partial charge in [0.25, 0.3) is 0 Å². The lowest BCUT2D eigenvalue weighted by molar-refractivity contribution is -0.166. The molecule has 0 saturated heterocycles. The second-order valence-electron chi connectivity index (χ2n) is 8.26. The van der Waals surface area contributed by atoms with Gasteiger partial charge in [-0.1, -0.05) is 68.2 Å². The summed E-state index contributed by atoms with van der Waals surface area (Å²) in [5.41, 5.74) is 6.63. The van der Waals surface area contributed by atoms with Crippen LogP contribution in [0.15, 0.2) is 48.6 Å². The van der Waals surface area contributed by atoms with E-state index in [0.717, 1.165) is 17.2 Å². The largest absolute Gasteiger partial charge is 0.464 e. The lowest BCUT2D eigenvalue weighted by atomic mass is 9.78. The van der Waals surface area contributed by atoms with Crippen LogP contribution in [-0.4, -0.2) is 38.8 Å². The van der Waals surface area contributed by atoms with Gasteiger partial charge in [-0.3, -0.25) is 0 Å². The number of hydrogen-bond acceptors (Lipinski definition) is 5. The van der Waals surface area contributed by atoms with Crippen LogP contribution >= 0.6 is 0 Å². The molecule has 0 amide bonds. The van der Waals surface area contributed by atoms with Crippen molar-refractivity contribution in [1.29, 1.82) is 0 Å². The average Bonchev–Trinajstić information content (AvgIpc) is 2.67. The highest BCUT2D eigenvalue weighted by atomic mass is 28.3. The Morgan fingerprint density at radius 3 is 2.32 bits per heavy atom. The molecule has 5 nitrogen and oxygen atoms in total. The van der Waals surface area contributed by atoms with Crippen molar-refractivity contribution >= 4 is 25.6 Å². The van der Waals surface area contributed by atoms with E-state index in [0.29, 0.717) is 6.42 Å². The van der Waals surface area contributed by atoms with Gasteiger partial charge in [-0.2, -0.15) is 0 Å². The van der Waals surface area contributed by atoms with E-state index in [1.54, 1.807) is 6.92 Å². The maximum Gasteiger partial charge on any atom is 0.338 e. The Labute approximate surface area is 168 Å². The van der Waals surface area contributed by atoms with E-state index in [1.165, 1.54) is 0 Å². The SMILES string of the molecule is CCOC(=O)C(N)(C(=O)OCC[Si](C)(C)C)C1C=CC(c2ccccc2)=CC1. The fraction of sp³-hybridized carbons (Fsp3) is 0.455. The summed E-state index contributed by atoms with van der Waals surface area (Å²) in [4.78, 5) is 25.5. The minimum Gasteiger partial charge on any atom is -0.464 e. The molecule has 1 aliphatic rings. The Hall–Kier alpha value is -2.18. The van der Waals surface area contributed by atoms with Crippen molar-refractivity contribution in [3.8, 4) is 0 Å². The molecule has 0 radical (unpaired) electrons. The number of rotatable bonds is 8. The number of carbonyl (C=O) groups excluding carboxylic acids is 2. The van der Waals surface area contributed by atoms with Crippen molar-refractivity contribution in [2.75, 3.05) is 13.2 Å². The van der Waals surface area contributed by atoms with Crippen LogP contribution in [0.1, 0.15) is 18.9 Å². The zero-order chi connectivity index (χ0) is 20.8. The highest BCUT2D eigenvalue weighted by Gasteiger charge is 2.51. The fourth-order valence-electron chi connectivity index (χ4n) is 3.01. The molecule has 2 atom stereocenters. The molecule has 28 heavy (non-hydrogen) atoms. The minimum absolute atomic E-state index is 0.154. The molecule has 2 rings (SSSR count). The summed E-state index contributed by atoms with van der Waals surface area (Å²) in [5.74, 6) is -1.96. The van der Waals surface area contributed by atoms with Gasteiger partial charge in [0.1, 0.15) is 0 Å². The number of carbonyl (C=O) groups is 2. The standard InChI is InChI=1S/C22H31NO4Si/c1-5-26-20(24)22(23,21(25)27-15-16-28(2,3)4)19-13-11-18(12-14-19)17-9-7-6-8-10-17/h6-13,19H,5,14-16,23H2,1-4H3. The molecule has 6 heteroatoms. The van der Waals surface area contributed by atoms with Crippen molar-refractivity contribution in [2.24, 2.45) is 11.7 Å². The highest BCUT2D eigenvalue weighted by molar-refractivity contribution is 6.76. The van der Waals surface area contributed by atoms with Crippen LogP contribution in [0.2, 0.25) is 25.7 Å². The van der Waals surface area contributed by atoms with Gasteiger partial charge in [-0.25, -0.2) is 9.59 Å². The predicted octanol–water partition coefficient (Wildman–Crippen LogP) is 3.79. The molecule has 152 valence electrons. The van der Waals surface area contributed by atoms with E-state index in [1.807, 2.05) is 48.6 Å². The van der Waals surface area contributed by atoms with Gasteiger partial charge < -0.3 is 15.2 Å². The van der Waals surface area contributed by atoms with Gasteiger partial charge >= 0.3 is 11.9 Å². The molecule has 1 aromatic carbocycles. The van der Waals surface area contributed by atoms with Gasteiger partial charge in [0.15, 0.2) is 0 Å². The first kappa shape index (κ1) is 22.1. The maximum absolute atomic E-state index is 12.8. The normalized spacial score (nSPS) is 18.8. The number of ether oxygens (including phenoxy) is 2. The van der Waals surface area contributed by atoms with Crippen molar-refractivity contribution in [1.82, 2.24) is 0 Å². The van der Waals surface area contributed by atoms with Crippen LogP contribution in [0.5, 0.6) is 0 Å². The molecule has 0 aromatic heterocycles. The van der Waals surface area contributed by atoms with Crippen molar-refractivity contribution in [3.63, 3.8) is 0 Å². The highest BCUT2D eigenvalue weighted by Crippen LogP contribution is 2.31. The Morgan fingerprint density at radius 1 is 1.14 bits per heavy atom. The average molecular weight is 402 g/mol. The van der Waals surface area contributed by atoms with Crippen LogP contribution in [-0.2, 0) is 19.1 Å². The molecule has 0 saturated carbocycles. The van der Waals surface area contributed by atoms with Gasteiger partial charge in [-0.15, -0.1) is 0 Å². The molecule has 0 fully saturated rings. The fourth-order valence-corrected chi connectivity index (χ4v) is 3.72. The van der Waals surface area contributed by atoms with Crippen LogP contribution in [0.25, 0.3) is 5.57 Å². The van der Waals surface area contributed by atoms with Gasteiger partial charge in [0.2, 0.25) is 5.54 Å². The van der Waals surface area contributed by atoms with Gasteiger partial charge in [0.05, 0.1) is 13.2 Å². The van der Waals surface area contributed by atoms with E-state index in [4.69, 9.17) is 15.2 Å². The number of allylic oxidation sites excluding steroid dienone is 3. The van der Waals surface area contributed by atoms with Crippen LogP contribution in [0, 0.1) is 5.92 Å². The molecule has 1 aromatic rings. The Bertz CT molecular complexity index is 752. The number of nitrogens with two attached hydrogens (primary N) is 1. The van der Waals surface area contributed by atoms with E-state index in [-0.39, 0.29) is 13.2 Å². The summed E-state index contributed by atoms with van der Waals surface area (Å²) < 4.78 is 10.6. The second kappa shape index (κ2) is 9.34. The van der Waals surface area contributed by atoms with E-state index >= 15 is 0 Å². The van der Waals surface area contributed by atoms with Crippen molar-refractivity contribution in [2.45, 2.75) is 44.6 Å². The zero-order valence-corrected chi connectivity index (χ0v) is 18.2. The van der Waals surface area contributed by atoms with Crippen molar-refractivity contribution in [3.05, 3.63) is 54.1 Å². The predicted molar refractivity (Wildman–Crippen MR) is 114 cm³/mol. The summed E-state index contributed by atoms with van der Waals surface area (Å²) in [6.07, 6.45) is 6.17. The summed E-state index contributed by atoms with van der Waals surface area (Å²) in [7, 11) is -1.37. The molecule has 0 aliphatic heterocycles. The molecule has 0 spiro atoms. The smallest absolute Gasteiger partial charge is 0.338 e. The van der Waals surface area contributed by atoms with Crippen molar-refractivity contribution < 1.29 is 19.1 Å². The summed E-state index contributed by atoms with van der Waals surface area (Å²) in [6.45, 7) is 8.71. The van der Waals surface area contributed by atoms with Gasteiger partial charge in [-0.05, 0) is 30.5 Å². The number of esters is 2. The third-order valence-corrected chi connectivity index (χ3v) is 6.53. The molecule has 2 N–H and O–H groups in total.